The fourth-order valence-corrected chi connectivity index (χ4v) is 3.05. The summed E-state index contributed by atoms with van der Waals surface area (Å²) in [6.07, 6.45) is 6.77. The van der Waals surface area contributed by atoms with Crippen LogP contribution in [-0.2, 0) is 4.79 Å². The molecule has 2 heterocycles. The number of anilines is 1. The number of likely N-dealkylation sites (tertiary alicyclic amines) is 1. The van der Waals surface area contributed by atoms with Gasteiger partial charge >= 0.3 is 0 Å². The van der Waals surface area contributed by atoms with Gasteiger partial charge in [0.1, 0.15) is 0 Å². The minimum absolute atomic E-state index is 0.00769. The van der Waals surface area contributed by atoms with Crippen LogP contribution in [0.25, 0.3) is 5.69 Å². The summed E-state index contributed by atoms with van der Waals surface area (Å²) < 4.78 is 1.79. The summed E-state index contributed by atoms with van der Waals surface area (Å²) in [7, 11) is 0. The van der Waals surface area contributed by atoms with E-state index >= 15 is 0 Å². The van der Waals surface area contributed by atoms with Crippen LogP contribution >= 0.6 is 0 Å². The van der Waals surface area contributed by atoms with Gasteiger partial charge in [-0.15, -0.1) is 0 Å². The number of carbonyl (C=O) groups excluding carboxylic acids is 1. The average molecular weight is 298 g/mol. The van der Waals surface area contributed by atoms with Crippen molar-refractivity contribution in [1.29, 1.82) is 0 Å². The second-order valence-corrected chi connectivity index (χ2v) is 5.68. The maximum absolute atomic E-state index is 12.5. The maximum atomic E-state index is 12.5. The molecule has 0 bridgehead atoms. The number of carbonyl (C=O) groups is 1. The van der Waals surface area contributed by atoms with Gasteiger partial charge in [0.15, 0.2) is 0 Å². The van der Waals surface area contributed by atoms with E-state index in [9.17, 15) is 4.79 Å². The third-order valence-corrected chi connectivity index (χ3v) is 4.06. The molecule has 1 amide bonds. The van der Waals surface area contributed by atoms with E-state index in [1.807, 2.05) is 36.5 Å². The lowest BCUT2D eigenvalue weighted by Gasteiger charge is -2.23. The molecule has 5 nitrogen and oxygen atoms in total. The molecule has 0 unspecified atom stereocenters. The lowest BCUT2D eigenvalue weighted by Crippen LogP contribution is -2.39. The fraction of sp³-hybridized carbons (Fsp3) is 0.412. The number of amides is 1. The summed E-state index contributed by atoms with van der Waals surface area (Å²) in [5, 5.41) is 7.27. The summed E-state index contributed by atoms with van der Waals surface area (Å²) in [6.45, 7) is 4.17. The van der Waals surface area contributed by atoms with Crippen molar-refractivity contribution in [2.75, 3.05) is 18.4 Å². The van der Waals surface area contributed by atoms with Crippen molar-refractivity contribution in [3.63, 3.8) is 0 Å². The maximum Gasteiger partial charge on any atom is 0.241 e. The molecule has 1 aromatic heterocycles. The Hall–Kier alpha value is -2.14. The first kappa shape index (κ1) is 14.8. The molecule has 3 rings (SSSR count). The lowest BCUT2D eigenvalue weighted by molar-refractivity contribution is -0.120. The first-order valence-corrected chi connectivity index (χ1v) is 7.93. The quantitative estimate of drug-likeness (QED) is 0.923. The number of benzene rings is 1. The third-order valence-electron chi connectivity index (χ3n) is 4.06. The van der Waals surface area contributed by atoms with Crippen molar-refractivity contribution < 1.29 is 4.79 Å². The topological polar surface area (TPSA) is 50.2 Å². The SMILES string of the molecule is CCCN1CCC[C@H]1C(=O)Nc1cccc(-n2cccn2)c1. The lowest BCUT2D eigenvalue weighted by atomic mass is 10.2. The monoisotopic (exact) mass is 298 g/mol. The fourth-order valence-electron chi connectivity index (χ4n) is 3.05. The molecule has 0 spiro atoms. The molecule has 1 saturated heterocycles. The molecule has 0 saturated carbocycles. The molecule has 0 radical (unpaired) electrons. The van der Waals surface area contributed by atoms with E-state index in [1.54, 1.807) is 10.9 Å². The molecule has 1 aliphatic rings. The molecule has 1 fully saturated rings. The second-order valence-electron chi connectivity index (χ2n) is 5.68. The molecular weight excluding hydrogens is 276 g/mol. The zero-order chi connectivity index (χ0) is 15.4. The Bertz CT molecular complexity index is 623. The number of hydrogen-bond acceptors (Lipinski definition) is 3. The Morgan fingerprint density at radius 2 is 2.32 bits per heavy atom. The molecule has 22 heavy (non-hydrogen) atoms. The molecule has 2 aromatic rings. The highest BCUT2D eigenvalue weighted by Gasteiger charge is 2.29. The van der Waals surface area contributed by atoms with E-state index in [-0.39, 0.29) is 11.9 Å². The first-order chi connectivity index (χ1) is 10.8. The van der Waals surface area contributed by atoms with Crippen LogP contribution in [0, 0.1) is 0 Å². The molecular formula is C17H22N4O. The Morgan fingerprint density at radius 3 is 3.09 bits per heavy atom. The van der Waals surface area contributed by atoms with Gasteiger partial charge in [-0.1, -0.05) is 13.0 Å². The number of rotatable bonds is 5. The highest BCUT2D eigenvalue weighted by molar-refractivity contribution is 5.95. The second kappa shape index (κ2) is 6.75. The van der Waals surface area contributed by atoms with Gasteiger partial charge in [0.25, 0.3) is 0 Å². The van der Waals surface area contributed by atoms with Gasteiger partial charge in [-0.2, -0.15) is 5.10 Å². The predicted octanol–water partition coefficient (Wildman–Crippen LogP) is 2.69. The first-order valence-electron chi connectivity index (χ1n) is 7.93. The Balaban J connectivity index is 1.70. The molecule has 1 aromatic carbocycles. The van der Waals surface area contributed by atoms with Gasteiger partial charge in [-0.25, -0.2) is 4.68 Å². The standard InChI is InChI=1S/C17H22N4O/c1-2-10-20-11-4-8-16(20)17(22)19-14-6-3-7-15(13-14)21-12-5-9-18-21/h3,5-7,9,12-13,16H,2,4,8,10-11H2,1H3,(H,19,22)/t16-/m0/s1. The number of hydrogen-bond donors (Lipinski definition) is 1. The Labute approximate surface area is 130 Å². The van der Waals surface area contributed by atoms with Crippen LogP contribution in [0.5, 0.6) is 0 Å². The van der Waals surface area contributed by atoms with Gasteiger partial charge < -0.3 is 5.32 Å². The zero-order valence-corrected chi connectivity index (χ0v) is 12.9. The van der Waals surface area contributed by atoms with E-state index in [4.69, 9.17) is 0 Å². The van der Waals surface area contributed by atoms with Crippen LogP contribution in [0.15, 0.2) is 42.7 Å². The van der Waals surface area contributed by atoms with E-state index in [2.05, 4.69) is 22.2 Å². The minimum atomic E-state index is 0.00769. The summed E-state index contributed by atoms with van der Waals surface area (Å²) in [6, 6.07) is 9.67. The molecule has 116 valence electrons. The van der Waals surface area contributed by atoms with E-state index in [0.29, 0.717) is 0 Å². The van der Waals surface area contributed by atoms with Crippen LogP contribution in [0.3, 0.4) is 0 Å². The van der Waals surface area contributed by atoms with Crippen molar-refractivity contribution in [2.45, 2.75) is 32.2 Å². The molecule has 5 heteroatoms. The normalized spacial score (nSPS) is 18.5. The molecule has 0 aliphatic carbocycles. The highest BCUT2D eigenvalue weighted by Crippen LogP contribution is 2.20. The van der Waals surface area contributed by atoms with Crippen molar-refractivity contribution in [3.8, 4) is 5.69 Å². The van der Waals surface area contributed by atoms with Gasteiger partial charge in [0, 0.05) is 18.1 Å². The van der Waals surface area contributed by atoms with Crippen molar-refractivity contribution in [3.05, 3.63) is 42.7 Å². The molecule has 1 atom stereocenters. The number of nitrogens with zero attached hydrogens (tertiary/aromatic N) is 3. The Morgan fingerprint density at radius 1 is 1.41 bits per heavy atom. The minimum Gasteiger partial charge on any atom is -0.325 e. The van der Waals surface area contributed by atoms with Crippen LogP contribution in [0.2, 0.25) is 0 Å². The highest BCUT2D eigenvalue weighted by atomic mass is 16.2. The predicted molar refractivity (Wildman–Crippen MR) is 87.1 cm³/mol. The summed E-state index contributed by atoms with van der Waals surface area (Å²) in [5.41, 5.74) is 1.76. The number of nitrogens with one attached hydrogen (secondary N) is 1. The number of aromatic nitrogens is 2. The van der Waals surface area contributed by atoms with E-state index < -0.39 is 0 Å². The van der Waals surface area contributed by atoms with Gasteiger partial charge in [-0.3, -0.25) is 9.69 Å². The summed E-state index contributed by atoms with van der Waals surface area (Å²) in [5.74, 6) is 0.101. The smallest absolute Gasteiger partial charge is 0.241 e. The Kier molecular flexibility index (Phi) is 4.53. The summed E-state index contributed by atoms with van der Waals surface area (Å²) in [4.78, 5) is 14.8. The van der Waals surface area contributed by atoms with Gasteiger partial charge in [0.05, 0.1) is 11.7 Å². The van der Waals surface area contributed by atoms with Crippen LogP contribution in [0.4, 0.5) is 5.69 Å². The largest absolute Gasteiger partial charge is 0.325 e. The van der Waals surface area contributed by atoms with Gasteiger partial charge in [-0.05, 0) is 56.6 Å². The van der Waals surface area contributed by atoms with E-state index in [1.165, 1.54) is 0 Å². The van der Waals surface area contributed by atoms with Gasteiger partial charge in [0.2, 0.25) is 5.91 Å². The van der Waals surface area contributed by atoms with Crippen molar-refractivity contribution in [1.82, 2.24) is 14.7 Å². The van der Waals surface area contributed by atoms with Crippen LogP contribution in [0.1, 0.15) is 26.2 Å². The van der Waals surface area contributed by atoms with Crippen molar-refractivity contribution in [2.24, 2.45) is 0 Å². The molecule has 1 N–H and O–H groups in total. The average Bonchev–Trinajstić information content (AvgIpc) is 3.19. The molecule has 1 aliphatic heterocycles. The summed E-state index contributed by atoms with van der Waals surface area (Å²) >= 11 is 0. The van der Waals surface area contributed by atoms with Crippen LogP contribution in [-0.4, -0.2) is 39.7 Å². The zero-order valence-electron chi connectivity index (χ0n) is 12.9. The third kappa shape index (κ3) is 3.20. The van der Waals surface area contributed by atoms with Crippen LogP contribution < -0.4 is 5.32 Å². The van der Waals surface area contributed by atoms with Crippen molar-refractivity contribution >= 4 is 11.6 Å². The van der Waals surface area contributed by atoms with E-state index in [0.717, 1.165) is 43.7 Å².